The van der Waals surface area contributed by atoms with Crippen molar-refractivity contribution in [2.45, 2.75) is 6.18 Å². The molecule has 0 saturated heterocycles. The minimum absolute atomic E-state index is 0.0166. The fourth-order valence-corrected chi connectivity index (χ4v) is 2.78. The zero-order valence-corrected chi connectivity index (χ0v) is 14.1. The molecule has 2 aromatic heterocycles. The zero-order chi connectivity index (χ0) is 18.6. The molecule has 0 spiro atoms. The number of rotatable bonds is 6. The lowest BCUT2D eigenvalue weighted by Crippen LogP contribution is -2.28. The molecule has 0 atom stereocenters. The standard InChI is InChI=1S/C17H13F3N2O3S/c18-17(19,20)11-3-1-4-12(9-11)24-7-6-21-16(23)13-10-14(25-22-13)15-5-2-8-26-15/h1-5,8-10H,6-7H2,(H,21,23). The third kappa shape index (κ3) is 4.42. The minimum atomic E-state index is -4.43. The molecular weight excluding hydrogens is 369 g/mol. The Balaban J connectivity index is 1.49. The van der Waals surface area contributed by atoms with Gasteiger partial charge in [-0.2, -0.15) is 13.2 Å². The minimum Gasteiger partial charge on any atom is -0.492 e. The monoisotopic (exact) mass is 382 g/mol. The second-order valence-corrected chi connectivity index (χ2v) is 6.13. The Hall–Kier alpha value is -2.81. The number of carbonyl (C=O) groups excluding carboxylic acids is 1. The van der Waals surface area contributed by atoms with Crippen LogP contribution in [0.5, 0.6) is 5.75 Å². The molecule has 9 heteroatoms. The number of amides is 1. The summed E-state index contributed by atoms with van der Waals surface area (Å²) < 4.78 is 48.2. The van der Waals surface area contributed by atoms with Gasteiger partial charge in [-0.1, -0.05) is 17.3 Å². The number of thiophene rings is 1. The second-order valence-electron chi connectivity index (χ2n) is 5.18. The normalized spacial score (nSPS) is 11.3. The lowest BCUT2D eigenvalue weighted by molar-refractivity contribution is -0.137. The summed E-state index contributed by atoms with van der Waals surface area (Å²) in [7, 11) is 0. The molecule has 3 aromatic rings. The molecule has 0 unspecified atom stereocenters. The molecular formula is C17H13F3N2O3S. The summed E-state index contributed by atoms with van der Waals surface area (Å²) in [5.41, 5.74) is -0.671. The van der Waals surface area contributed by atoms with Gasteiger partial charge in [-0.25, -0.2) is 0 Å². The van der Waals surface area contributed by atoms with E-state index >= 15 is 0 Å². The quantitative estimate of drug-likeness (QED) is 0.648. The lowest BCUT2D eigenvalue weighted by atomic mass is 10.2. The molecule has 1 amide bonds. The van der Waals surface area contributed by atoms with Crippen LogP contribution < -0.4 is 10.1 Å². The summed E-state index contributed by atoms with van der Waals surface area (Å²) in [6.45, 7) is 0.124. The van der Waals surface area contributed by atoms with Gasteiger partial charge in [0.25, 0.3) is 5.91 Å². The van der Waals surface area contributed by atoms with Crippen LogP contribution in [-0.4, -0.2) is 24.2 Å². The van der Waals surface area contributed by atoms with Gasteiger partial charge in [0.15, 0.2) is 11.5 Å². The fraction of sp³-hybridized carbons (Fsp3) is 0.176. The molecule has 0 bridgehead atoms. The van der Waals surface area contributed by atoms with E-state index in [4.69, 9.17) is 9.26 Å². The summed E-state index contributed by atoms with van der Waals surface area (Å²) in [6.07, 6.45) is -4.43. The number of hydrogen-bond donors (Lipinski definition) is 1. The highest BCUT2D eigenvalue weighted by Crippen LogP contribution is 2.31. The highest BCUT2D eigenvalue weighted by atomic mass is 32.1. The first-order valence-corrected chi connectivity index (χ1v) is 8.40. The van der Waals surface area contributed by atoms with E-state index in [1.807, 2.05) is 17.5 Å². The molecule has 2 heterocycles. The predicted octanol–water partition coefficient (Wildman–Crippen LogP) is 4.23. The average molecular weight is 382 g/mol. The number of carbonyl (C=O) groups is 1. The van der Waals surface area contributed by atoms with Gasteiger partial charge < -0.3 is 14.6 Å². The highest BCUT2D eigenvalue weighted by Gasteiger charge is 2.30. The SMILES string of the molecule is O=C(NCCOc1cccc(C(F)(F)F)c1)c1cc(-c2cccs2)on1. The Labute approximate surface area is 150 Å². The molecule has 0 aliphatic carbocycles. The van der Waals surface area contributed by atoms with E-state index in [1.54, 1.807) is 0 Å². The van der Waals surface area contributed by atoms with Crippen molar-refractivity contribution >= 4 is 17.2 Å². The summed E-state index contributed by atoms with van der Waals surface area (Å²) in [5, 5.41) is 8.15. The van der Waals surface area contributed by atoms with Crippen LogP contribution in [0.3, 0.4) is 0 Å². The van der Waals surface area contributed by atoms with Gasteiger partial charge in [0.05, 0.1) is 17.0 Å². The molecule has 0 aliphatic rings. The van der Waals surface area contributed by atoms with Gasteiger partial charge >= 0.3 is 6.18 Å². The lowest BCUT2D eigenvalue weighted by Gasteiger charge is -2.10. The summed E-state index contributed by atoms with van der Waals surface area (Å²) >= 11 is 1.46. The van der Waals surface area contributed by atoms with Crippen molar-refractivity contribution in [1.82, 2.24) is 10.5 Å². The molecule has 26 heavy (non-hydrogen) atoms. The summed E-state index contributed by atoms with van der Waals surface area (Å²) in [5.74, 6) is 0.116. The molecule has 136 valence electrons. The second kappa shape index (κ2) is 7.61. The third-order valence-corrected chi connectivity index (χ3v) is 4.21. The van der Waals surface area contributed by atoms with Crippen LogP contribution in [0, 0.1) is 0 Å². The van der Waals surface area contributed by atoms with E-state index in [0.717, 1.165) is 17.0 Å². The predicted molar refractivity (Wildman–Crippen MR) is 89.1 cm³/mol. The van der Waals surface area contributed by atoms with Crippen molar-refractivity contribution in [3.63, 3.8) is 0 Å². The number of benzene rings is 1. The van der Waals surface area contributed by atoms with E-state index in [9.17, 15) is 18.0 Å². The number of ether oxygens (including phenoxy) is 1. The molecule has 0 saturated carbocycles. The van der Waals surface area contributed by atoms with Crippen LogP contribution in [0.1, 0.15) is 16.1 Å². The van der Waals surface area contributed by atoms with Gasteiger partial charge in [0.2, 0.25) is 0 Å². The topological polar surface area (TPSA) is 64.4 Å². The van der Waals surface area contributed by atoms with Gasteiger partial charge in [0, 0.05) is 6.07 Å². The first kappa shape index (κ1) is 18.0. The van der Waals surface area contributed by atoms with E-state index in [-0.39, 0.29) is 24.6 Å². The number of nitrogens with one attached hydrogen (secondary N) is 1. The van der Waals surface area contributed by atoms with Gasteiger partial charge in [-0.15, -0.1) is 11.3 Å². The van der Waals surface area contributed by atoms with Crippen molar-refractivity contribution in [2.75, 3.05) is 13.2 Å². The molecule has 0 fully saturated rings. The van der Waals surface area contributed by atoms with E-state index in [0.29, 0.717) is 5.76 Å². The van der Waals surface area contributed by atoms with E-state index < -0.39 is 17.6 Å². The van der Waals surface area contributed by atoms with Crippen LogP contribution in [-0.2, 0) is 6.18 Å². The number of nitrogens with zero attached hydrogens (tertiary/aromatic N) is 1. The number of aromatic nitrogens is 1. The van der Waals surface area contributed by atoms with Crippen LogP contribution in [0.2, 0.25) is 0 Å². The molecule has 3 rings (SSSR count). The van der Waals surface area contributed by atoms with Gasteiger partial charge in [-0.05, 0) is 29.6 Å². The van der Waals surface area contributed by atoms with Crippen LogP contribution in [0.25, 0.3) is 10.6 Å². The maximum absolute atomic E-state index is 12.6. The molecule has 1 N–H and O–H groups in total. The van der Waals surface area contributed by atoms with Gasteiger partial charge in [-0.3, -0.25) is 4.79 Å². The van der Waals surface area contributed by atoms with Crippen molar-refractivity contribution in [1.29, 1.82) is 0 Å². The third-order valence-electron chi connectivity index (χ3n) is 3.32. The number of hydrogen-bond acceptors (Lipinski definition) is 5. The Morgan fingerprint density at radius 1 is 1.23 bits per heavy atom. The maximum atomic E-state index is 12.6. The number of halogens is 3. The van der Waals surface area contributed by atoms with Crippen LogP contribution in [0.15, 0.2) is 52.4 Å². The Morgan fingerprint density at radius 3 is 2.81 bits per heavy atom. The van der Waals surface area contributed by atoms with Crippen molar-refractivity contribution in [3.8, 4) is 16.4 Å². The highest BCUT2D eigenvalue weighted by molar-refractivity contribution is 7.13. The van der Waals surface area contributed by atoms with Crippen molar-refractivity contribution in [2.24, 2.45) is 0 Å². The summed E-state index contributed by atoms with van der Waals surface area (Å²) in [4.78, 5) is 12.8. The Bertz CT molecular complexity index is 876. The zero-order valence-electron chi connectivity index (χ0n) is 13.2. The summed E-state index contributed by atoms with van der Waals surface area (Å²) in [6, 6.07) is 9.77. The molecule has 0 radical (unpaired) electrons. The first-order chi connectivity index (χ1) is 12.4. The van der Waals surface area contributed by atoms with Crippen molar-refractivity contribution < 1.29 is 27.2 Å². The first-order valence-electron chi connectivity index (χ1n) is 7.52. The Kier molecular flexibility index (Phi) is 5.27. The molecule has 5 nitrogen and oxygen atoms in total. The van der Waals surface area contributed by atoms with Crippen LogP contribution >= 0.6 is 11.3 Å². The number of alkyl halides is 3. The van der Waals surface area contributed by atoms with E-state index in [1.165, 1.54) is 29.5 Å². The maximum Gasteiger partial charge on any atom is 0.416 e. The molecule has 0 aliphatic heterocycles. The Morgan fingerprint density at radius 2 is 2.08 bits per heavy atom. The smallest absolute Gasteiger partial charge is 0.416 e. The largest absolute Gasteiger partial charge is 0.492 e. The fourth-order valence-electron chi connectivity index (χ4n) is 2.10. The van der Waals surface area contributed by atoms with Crippen molar-refractivity contribution in [3.05, 3.63) is 59.1 Å². The van der Waals surface area contributed by atoms with E-state index in [2.05, 4.69) is 10.5 Å². The van der Waals surface area contributed by atoms with Crippen LogP contribution in [0.4, 0.5) is 13.2 Å². The van der Waals surface area contributed by atoms with Gasteiger partial charge in [0.1, 0.15) is 12.4 Å². The average Bonchev–Trinajstić information content (AvgIpc) is 3.29. The molecule has 1 aromatic carbocycles.